The number of piperidine rings is 1. The molecule has 0 spiro atoms. The Morgan fingerprint density at radius 2 is 1.56 bits per heavy atom. The number of hydrogen-bond donors (Lipinski definition) is 0. The first kappa shape index (κ1) is 26.9. The fourth-order valence-corrected chi connectivity index (χ4v) is 5.72. The summed E-state index contributed by atoms with van der Waals surface area (Å²) in [4.78, 5) is 32.0. The van der Waals surface area contributed by atoms with Crippen LogP contribution in [0.5, 0.6) is 5.75 Å². The summed E-state index contributed by atoms with van der Waals surface area (Å²) >= 11 is 0. The molecule has 4 aromatic rings. The number of benzene rings is 3. The van der Waals surface area contributed by atoms with Crippen LogP contribution in [-0.2, 0) is 14.4 Å². The van der Waals surface area contributed by atoms with Crippen LogP contribution < -0.4 is 10.2 Å². The van der Waals surface area contributed by atoms with E-state index in [-0.39, 0.29) is 35.3 Å². The fraction of sp³-hybridized carbons (Fsp3) is 0.375. The zero-order valence-corrected chi connectivity index (χ0v) is 23.1. The van der Waals surface area contributed by atoms with Gasteiger partial charge in [-0.1, -0.05) is 42.5 Å². The second-order valence-electron chi connectivity index (χ2n) is 11.5. The van der Waals surface area contributed by atoms with E-state index in [1.165, 1.54) is 0 Å². The Hall–Kier alpha value is -3.68. The van der Waals surface area contributed by atoms with E-state index in [1.54, 1.807) is 36.4 Å². The Morgan fingerprint density at radius 3 is 2.28 bits per heavy atom. The summed E-state index contributed by atoms with van der Waals surface area (Å²) in [5.74, 6) is -0.0182. The number of hydrogen-bond acceptors (Lipinski definition) is 7. The Kier molecular flexibility index (Phi) is 7.23. The van der Waals surface area contributed by atoms with Gasteiger partial charge in [0.05, 0.1) is 10.8 Å². The molecule has 0 aliphatic carbocycles. The predicted molar refractivity (Wildman–Crippen MR) is 151 cm³/mol. The van der Waals surface area contributed by atoms with E-state index in [4.69, 9.17) is 18.7 Å². The van der Waals surface area contributed by atoms with Gasteiger partial charge in [-0.2, -0.15) is 5.06 Å². The third-order valence-corrected chi connectivity index (χ3v) is 7.29. The minimum absolute atomic E-state index is 0.100. The fourth-order valence-electron chi connectivity index (χ4n) is 5.72. The molecular formula is C32H35NO6. The molecule has 1 atom stereocenters. The van der Waals surface area contributed by atoms with Crippen LogP contribution in [-0.4, -0.2) is 34.8 Å². The van der Waals surface area contributed by atoms with Gasteiger partial charge in [-0.15, -0.1) is 0 Å². The van der Waals surface area contributed by atoms with Crippen molar-refractivity contribution < 1.29 is 23.5 Å². The molecule has 7 heteroatoms. The molecule has 1 unspecified atom stereocenters. The molecule has 3 aromatic carbocycles. The summed E-state index contributed by atoms with van der Waals surface area (Å²) in [7, 11) is 0. The van der Waals surface area contributed by atoms with Crippen LogP contribution in [0.1, 0.15) is 59.1 Å². The standard InChI is InChI=1S/C32H35NO6/c1-21(22-11-7-6-8-12-22)39-33-31(2,3)18-24(19-32(33,4)5)37-29(34)20-36-23-15-16-26-28(17-23)38-27-14-10-9-13-25(27)30(26)35/h6-17,21,24H,18-20H2,1-5H3. The monoisotopic (exact) mass is 529 g/mol. The number of rotatable bonds is 7. The van der Waals surface area contributed by atoms with Gasteiger partial charge >= 0.3 is 5.97 Å². The number of esters is 1. The van der Waals surface area contributed by atoms with E-state index in [0.29, 0.717) is 40.5 Å². The van der Waals surface area contributed by atoms with Gasteiger partial charge in [0.2, 0.25) is 5.43 Å². The Bertz CT molecular complexity index is 1520. The molecule has 204 valence electrons. The number of carbonyl (C=O) groups excluding carboxylic acids is 1. The number of fused-ring (bicyclic) bond motifs is 2. The molecule has 0 radical (unpaired) electrons. The van der Waals surface area contributed by atoms with Gasteiger partial charge in [0.1, 0.15) is 29.1 Å². The van der Waals surface area contributed by atoms with Crippen molar-refractivity contribution in [1.29, 1.82) is 0 Å². The van der Waals surface area contributed by atoms with Crippen LogP contribution >= 0.6 is 0 Å². The summed E-state index contributed by atoms with van der Waals surface area (Å²) in [6.07, 6.45) is 0.857. The Morgan fingerprint density at radius 1 is 0.923 bits per heavy atom. The van der Waals surface area contributed by atoms with Crippen LogP contribution in [0.2, 0.25) is 0 Å². The summed E-state index contributed by atoms with van der Waals surface area (Å²) < 4.78 is 17.5. The first-order valence-electron chi connectivity index (χ1n) is 13.3. The van der Waals surface area contributed by atoms with Crippen molar-refractivity contribution in [1.82, 2.24) is 5.06 Å². The van der Waals surface area contributed by atoms with Crippen molar-refractivity contribution in [2.24, 2.45) is 0 Å². The highest BCUT2D eigenvalue weighted by atomic mass is 16.7. The van der Waals surface area contributed by atoms with E-state index in [0.717, 1.165) is 5.56 Å². The van der Waals surface area contributed by atoms with Gasteiger partial charge in [0, 0.05) is 30.0 Å². The maximum Gasteiger partial charge on any atom is 0.344 e. The van der Waals surface area contributed by atoms with Crippen molar-refractivity contribution >= 4 is 27.9 Å². The van der Waals surface area contributed by atoms with Crippen molar-refractivity contribution in [2.45, 2.75) is 70.7 Å². The van der Waals surface area contributed by atoms with Crippen LogP contribution in [0, 0.1) is 0 Å². The van der Waals surface area contributed by atoms with Crippen LogP contribution in [0.3, 0.4) is 0 Å². The average Bonchev–Trinajstić information content (AvgIpc) is 2.89. The molecular weight excluding hydrogens is 494 g/mol. The zero-order valence-electron chi connectivity index (χ0n) is 23.1. The summed E-state index contributed by atoms with van der Waals surface area (Å²) in [6, 6.07) is 22.2. The number of hydroxylamine groups is 2. The van der Waals surface area contributed by atoms with Crippen molar-refractivity contribution in [3.63, 3.8) is 0 Å². The van der Waals surface area contributed by atoms with Crippen LogP contribution in [0.15, 0.2) is 82.0 Å². The molecule has 1 aliphatic rings. The van der Waals surface area contributed by atoms with E-state index < -0.39 is 5.97 Å². The lowest BCUT2D eigenvalue weighted by atomic mass is 9.80. The SMILES string of the molecule is CC(ON1C(C)(C)CC(OC(=O)COc2ccc3c(=O)c4ccccc4oc3c2)CC1(C)C)c1ccccc1. The van der Waals surface area contributed by atoms with Gasteiger partial charge in [0.25, 0.3) is 0 Å². The highest BCUT2D eigenvalue weighted by molar-refractivity contribution is 5.90. The number of carbonyl (C=O) groups is 1. The van der Waals surface area contributed by atoms with Gasteiger partial charge in [-0.3, -0.25) is 9.63 Å². The van der Waals surface area contributed by atoms with E-state index in [2.05, 4.69) is 44.9 Å². The minimum atomic E-state index is -0.446. The third kappa shape index (κ3) is 5.70. The molecule has 1 saturated heterocycles. The molecule has 39 heavy (non-hydrogen) atoms. The number of para-hydroxylation sites is 1. The molecule has 0 N–H and O–H groups in total. The largest absolute Gasteiger partial charge is 0.482 e. The molecule has 0 amide bonds. The predicted octanol–water partition coefficient (Wildman–Crippen LogP) is 6.58. The quantitative estimate of drug-likeness (QED) is 0.198. The summed E-state index contributed by atoms with van der Waals surface area (Å²) in [5, 5.41) is 3.05. The van der Waals surface area contributed by atoms with Gasteiger partial charge < -0.3 is 13.9 Å². The second kappa shape index (κ2) is 10.5. The Labute approximate surface area is 228 Å². The highest BCUT2D eigenvalue weighted by Crippen LogP contribution is 2.41. The maximum atomic E-state index is 12.8. The smallest absolute Gasteiger partial charge is 0.344 e. The highest BCUT2D eigenvalue weighted by Gasteiger charge is 2.48. The molecule has 7 nitrogen and oxygen atoms in total. The van der Waals surface area contributed by atoms with E-state index in [1.807, 2.05) is 31.2 Å². The van der Waals surface area contributed by atoms with Crippen molar-refractivity contribution in [3.05, 3.63) is 88.6 Å². The lowest BCUT2D eigenvalue weighted by Crippen LogP contribution is -2.62. The summed E-state index contributed by atoms with van der Waals surface area (Å²) in [5.41, 5.74) is 1.19. The Balaban J connectivity index is 1.22. The van der Waals surface area contributed by atoms with E-state index in [9.17, 15) is 9.59 Å². The number of ether oxygens (including phenoxy) is 2. The third-order valence-electron chi connectivity index (χ3n) is 7.29. The summed E-state index contributed by atoms with van der Waals surface area (Å²) in [6.45, 7) is 10.2. The topological polar surface area (TPSA) is 78.2 Å². The lowest BCUT2D eigenvalue weighted by molar-refractivity contribution is -0.314. The molecule has 1 aromatic heterocycles. The van der Waals surface area contributed by atoms with Crippen LogP contribution in [0.4, 0.5) is 0 Å². The maximum absolute atomic E-state index is 12.8. The molecule has 0 saturated carbocycles. The molecule has 5 rings (SSSR count). The molecule has 0 bridgehead atoms. The first-order valence-corrected chi connectivity index (χ1v) is 13.3. The second-order valence-corrected chi connectivity index (χ2v) is 11.5. The number of nitrogens with zero attached hydrogens (tertiary/aromatic N) is 1. The van der Waals surface area contributed by atoms with Gasteiger partial charge in [-0.05, 0) is 64.4 Å². The molecule has 1 fully saturated rings. The van der Waals surface area contributed by atoms with E-state index >= 15 is 0 Å². The molecule has 2 heterocycles. The van der Waals surface area contributed by atoms with Gasteiger partial charge in [-0.25, -0.2) is 4.79 Å². The zero-order chi connectivity index (χ0) is 27.8. The van der Waals surface area contributed by atoms with Crippen LogP contribution in [0.25, 0.3) is 21.9 Å². The first-order chi connectivity index (χ1) is 18.5. The van der Waals surface area contributed by atoms with Crippen molar-refractivity contribution in [2.75, 3.05) is 6.61 Å². The molecule has 1 aliphatic heterocycles. The average molecular weight is 530 g/mol. The van der Waals surface area contributed by atoms with Crippen molar-refractivity contribution in [3.8, 4) is 5.75 Å². The minimum Gasteiger partial charge on any atom is -0.482 e. The van der Waals surface area contributed by atoms with Gasteiger partial charge in [0.15, 0.2) is 6.61 Å². The lowest BCUT2D eigenvalue weighted by Gasteiger charge is -2.54. The normalized spacial score (nSPS) is 18.2.